The Kier molecular flexibility index (Phi) is 12.9. The van der Waals surface area contributed by atoms with Crippen molar-refractivity contribution in [2.45, 2.75) is 5.56 Å². The molecule has 0 amide bonds. The summed E-state index contributed by atoms with van der Waals surface area (Å²) in [5, 5.41) is 8.79. The van der Waals surface area contributed by atoms with E-state index in [-0.39, 0.29) is 19.5 Å². The van der Waals surface area contributed by atoms with Gasteiger partial charge in [0.15, 0.2) is 5.56 Å². The minimum Gasteiger partial charge on any atom is -0.563 e. The van der Waals surface area contributed by atoms with Crippen molar-refractivity contribution in [2.75, 3.05) is 0 Å². The topological polar surface area (TPSA) is 110 Å². The Balaban J connectivity index is 0. The quantitative estimate of drug-likeness (QED) is 0.494. The molecule has 1 rings (SSSR count). The number of hydrogen-bond donors (Lipinski definition) is 1. The second-order valence-electron chi connectivity index (χ2n) is 2.28. The average molecular weight is 350 g/mol. The molecule has 0 spiro atoms. The first-order chi connectivity index (χ1) is 7.43. The standard InChI is InChI=1S/C7H7ClO.O5P2.Zn/c8-7(9)6-4-2-1-3-5-6;1-6(2)5-7(3)4;/h1-5,7,9H;;/q;;+2. The van der Waals surface area contributed by atoms with Gasteiger partial charge in [0.2, 0.25) is 0 Å². The van der Waals surface area contributed by atoms with Crippen LogP contribution in [0, 0.1) is 0 Å². The normalized spacial score (nSPS) is 12.5. The Labute approximate surface area is 117 Å². The predicted molar refractivity (Wildman–Crippen MR) is 53.6 cm³/mol. The molecule has 1 N–H and O–H groups in total. The van der Waals surface area contributed by atoms with Crippen molar-refractivity contribution >= 4 is 28.1 Å². The third-order valence-electron chi connectivity index (χ3n) is 1.21. The molecule has 0 bridgehead atoms. The van der Waals surface area contributed by atoms with Gasteiger partial charge in [-0.2, -0.15) is 0 Å². The molecule has 1 aromatic rings. The van der Waals surface area contributed by atoms with Crippen molar-refractivity contribution < 1.29 is 47.8 Å². The van der Waals surface area contributed by atoms with Crippen LogP contribution in [0.1, 0.15) is 11.1 Å². The molecule has 0 saturated heterocycles. The summed E-state index contributed by atoms with van der Waals surface area (Å²) in [5.74, 6) is 0. The van der Waals surface area contributed by atoms with Gasteiger partial charge in [-0.25, -0.2) is 0 Å². The zero-order chi connectivity index (χ0) is 12.6. The minimum atomic E-state index is -3.24. The van der Waals surface area contributed by atoms with Crippen molar-refractivity contribution in [1.29, 1.82) is 0 Å². The number of alkyl halides is 1. The number of aliphatic hydroxyl groups is 1. The maximum atomic E-state index is 9.24. The van der Waals surface area contributed by atoms with E-state index in [9.17, 15) is 18.9 Å². The summed E-state index contributed by atoms with van der Waals surface area (Å²) in [5.41, 5.74) is -0.134. The van der Waals surface area contributed by atoms with E-state index in [0.29, 0.717) is 0 Å². The van der Waals surface area contributed by atoms with Crippen molar-refractivity contribution in [3.05, 3.63) is 35.9 Å². The summed E-state index contributed by atoms with van der Waals surface area (Å²) in [6.45, 7) is 0. The molecule has 0 heterocycles. The van der Waals surface area contributed by atoms with Crippen LogP contribution in [0.25, 0.3) is 0 Å². The zero-order valence-corrected chi connectivity index (χ0v) is 13.9. The van der Waals surface area contributed by atoms with E-state index in [2.05, 4.69) is 4.31 Å². The summed E-state index contributed by atoms with van der Waals surface area (Å²) < 4.78 is 21.6. The van der Waals surface area contributed by atoms with E-state index < -0.39 is 22.1 Å². The molecule has 0 aliphatic heterocycles. The van der Waals surface area contributed by atoms with Gasteiger partial charge < -0.3 is 14.9 Å². The smallest absolute Gasteiger partial charge is 0.563 e. The van der Waals surface area contributed by atoms with Gasteiger partial charge in [-0.15, -0.1) is 0 Å². The molecule has 88 valence electrons. The van der Waals surface area contributed by atoms with Crippen molar-refractivity contribution in [3.8, 4) is 0 Å². The molecule has 0 fully saturated rings. The van der Waals surface area contributed by atoms with Crippen molar-refractivity contribution in [1.82, 2.24) is 0 Å². The molecule has 6 nitrogen and oxygen atoms in total. The second-order valence-corrected chi connectivity index (χ2v) is 4.24. The van der Waals surface area contributed by atoms with Gasteiger partial charge in [0.05, 0.1) is 0 Å². The minimum absolute atomic E-state index is 0. The summed E-state index contributed by atoms with van der Waals surface area (Å²) in [6, 6.07) is 9.10. The van der Waals surface area contributed by atoms with E-state index >= 15 is 0 Å². The molecule has 0 saturated carbocycles. The number of rotatable bonds is 3. The van der Waals surface area contributed by atoms with Crippen molar-refractivity contribution in [2.24, 2.45) is 0 Å². The van der Waals surface area contributed by atoms with Gasteiger partial charge >= 0.3 is 36.0 Å². The van der Waals surface area contributed by atoms with Crippen molar-refractivity contribution in [3.63, 3.8) is 0 Å². The van der Waals surface area contributed by atoms with Crippen LogP contribution in [0.3, 0.4) is 0 Å². The molecule has 10 heteroatoms. The van der Waals surface area contributed by atoms with Crippen LogP contribution in [0.2, 0.25) is 0 Å². The summed E-state index contributed by atoms with van der Waals surface area (Å²) in [7, 11) is -6.47. The van der Waals surface area contributed by atoms with Crippen LogP contribution < -0.4 is 9.79 Å². The van der Waals surface area contributed by atoms with Crippen LogP contribution in [0.4, 0.5) is 0 Å². The number of hydrogen-bond acceptors (Lipinski definition) is 6. The number of benzene rings is 1. The van der Waals surface area contributed by atoms with Crippen LogP contribution in [-0.4, -0.2) is 5.11 Å². The summed E-state index contributed by atoms with van der Waals surface area (Å²) in [6.07, 6.45) is 0. The molecule has 1 aromatic carbocycles. The Bertz CT molecular complexity index is 337. The molecule has 3 unspecified atom stereocenters. The molecule has 0 aliphatic carbocycles. The van der Waals surface area contributed by atoms with E-state index in [0.717, 1.165) is 5.56 Å². The molecule has 0 radical (unpaired) electrons. The first-order valence-electron chi connectivity index (χ1n) is 3.77. The number of aliphatic hydroxyl groups excluding tert-OH is 1. The Morgan fingerprint density at radius 2 is 1.59 bits per heavy atom. The van der Waals surface area contributed by atoms with Gasteiger partial charge in [-0.3, -0.25) is 0 Å². The van der Waals surface area contributed by atoms with Crippen LogP contribution in [0.15, 0.2) is 30.3 Å². The maximum absolute atomic E-state index is 9.24. The van der Waals surface area contributed by atoms with E-state index in [4.69, 9.17) is 16.7 Å². The third kappa shape index (κ3) is 12.4. The first kappa shape index (κ1) is 19.5. The van der Waals surface area contributed by atoms with E-state index in [1.54, 1.807) is 12.1 Å². The fraction of sp³-hybridized carbons (Fsp3) is 0.143. The Morgan fingerprint density at radius 1 is 1.18 bits per heavy atom. The first-order valence-corrected chi connectivity index (χ1v) is 6.40. The Morgan fingerprint density at radius 3 is 1.76 bits per heavy atom. The fourth-order valence-electron chi connectivity index (χ4n) is 0.666. The zero-order valence-electron chi connectivity index (χ0n) is 8.43. The maximum Gasteiger partial charge on any atom is 2.00 e. The molecule has 0 aromatic heterocycles. The van der Waals surface area contributed by atoms with Gasteiger partial charge in [-0.05, 0) is 14.7 Å². The van der Waals surface area contributed by atoms with Crippen LogP contribution in [-0.2, 0) is 32.9 Å². The fourth-order valence-corrected chi connectivity index (χ4v) is 1.25. The van der Waals surface area contributed by atoms with E-state index in [1.165, 1.54) is 0 Å². The van der Waals surface area contributed by atoms with Gasteiger partial charge in [0.1, 0.15) is 4.31 Å². The van der Waals surface area contributed by atoms with Gasteiger partial charge in [-0.1, -0.05) is 41.9 Å². The van der Waals surface area contributed by atoms with E-state index in [1.807, 2.05) is 18.2 Å². The molecule has 17 heavy (non-hydrogen) atoms. The predicted octanol–water partition coefficient (Wildman–Crippen LogP) is 0.952. The molecular formula is C7H7ClO6P2Zn+2. The molecule has 0 aliphatic rings. The average Bonchev–Trinajstić information content (AvgIpc) is 2.17. The van der Waals surface area contributed by atoms with Crippen LogP contribution in [0.5, 0.6) is 0 Å². The third-order valence-corrected chi connectivity index (χ3v) is 2.53. The SMILES string of the molecule is O=[P+]([O-])O[P+](=O)[O-].OC(Cl)c1ccccc1.[Zn+2]. The van der Waals surface area contributed by atoms with Gasteiger partial charge in [0, 0.05) is 0 Å². The monoisotopic (exact) mass is 348 g/mol. The summed E-state index contributed by atoms with van der Waals surface area (Å²) >= 11 is 5.36. The summed E-state index contributed by atoms with van der Waals surface area (Å²) in [4.78, 5) is 18.5. The largest absolute Gasteiger partial charge is 2.00 e. The Hall–Kier alpha value is 0.173. The van der Waals surface area contributed by atoms with Gasteiger partial charge in [0.25, 0.3) is 0 Å². The van der Waals surface area contributed by atoms with Crippen LogP contribution >= 0.6 is 28.1 Å². The second kappa shape index (κ2) is 11.3. The number of halogens is 1. The molecule has 3 atom stereocenters. The molecular weight excluding hydrogens is 343 g/mol.